The summed E-state index contributed by atoms with van der Waals surface area (Å²) >= 11 is 1.56. The smallest absolute Gasteiger partial charge is 0.226 e. The minimum Gasteiger partial charge on any atom is -0.369 e. The molecular weight excluding hydrogens is 287 g/mol. The second-order valence-corrected chi connectivity index (χ2v) is 5.93. The first-order chi connectivity index (χ1) is 10.1. The second-order valence-electron chi connectivity index (χ2n) is 4.88. The summed E-state index contributed by atoms with van der Waals surface area (Å²) in [5, 5.41) is 5.19. The number of carbonyl (C=O) groups is 1. The molecule has 0 fully saturated rings. The Morgan fingerprint density at radius 1 is 1.43 bits per heavy atom. The molecule has 0 saturated heterocycles. The third-order valence-electron chi connectivity index (χ3n) is 3.31. The van der Waals surface area contributed by atoms with Gasteiger partial charge < -0.3 is 11.1 Å². The van der Waals surface area contributed by atoms with Gasteiger partial charge in [-0.25, -0.2) is 4.39 Å². The van der Waals surface area contributed by atoms with Gasteiger partial charge in [0.25, 0.3) is 0 Å². The fourth-order valence-corrected chi connectivity index (χ4v) is 3.06. The fraction of sp³-hybridized carbons (Fsp3) is 0.312. The molecule has 112 valence electrons. The van der Waals surface area contributed by atoms with Crippen LogP contribution in [0.15, 0.2) is 41.6 Å². The molecule has 21 heavy (non-hydrogen) atoms. The van der Waals surface area contributed by atoms with Gasteiger partial charge in [0.1, 0.15) is 5.83 Å². The highest BCUT2D eigenvalue weighted by atomic mass is 32.2. The largest absolute Gasteiger partial charge is 0.369 e. The zero-order chi connectivity index (χ0) is 15.2. The van der Waals surface area contributed by atoms with Gasteiger partial charge >= 0.3 is 0 Å². The number of hydrogen-bond acceptors (Lipinski definition) is 3. The quantitative estimate of drug-likeness (QED) is 0.848. The van der Waals surface area contributed by atoms with Crippen molar-refractivity contribution in [2.75, 3.05) is 0 Å². The van der Waals surface area contributed by atoms with Crippen LogP contribution in [0.2, 0.25) is 0 Å². The van der Waals surface area contributed by atoms with Crippen molar-refractivity contribution in [2.45, 2.75) is 25.3 Å². The first kappa shape index (κ1) is 15.8. The summed E-state index contributed by atoms with van der Waals surface area (Å²) in [6.07, 6.45) is 3.77. The molecule has 2 rings (SSSR count). The molecular formula is C16H19FN2OS. The Morgan fingerprint density at radius 2 is 2.14 bits per heavy atom. The Bertz CT molecular complexity index is 554. The highest BCUT2D eigenvalue weighted by Crippen LogP contribution is 2.27. The number of rotatable bonds is 6. The number of primary amides is 1. The molecule has 3 N–H and O–H groups in total. The summed E-state index contributed by atoms with van der Waals surface area (Å²) in [6.45, 7) is 2.43. The summed E-state index contributed by atoms with van der Waals surface area (Å²) in [5.74, 6) is -0.710. The van der Waals surface area contributed by atoms with Crippen LogP contribution in [0.3, 0.4) is 0 Å². The van der Waals surface area contributed by atoms with Gasteiger partial charge in [0.2, 0.25) is 5.91 Å². The lowest BCUT2D eigenvalue weighted by Gasteiger charge is -2.17. The lowest BCUT2D eigenvalue weighted by Crippen LogP contribution is -2.37. The van der Waals surface area contributed by atoms with Crippen molar-refractivity contribution in [3.8, 4) is 0 Å². The van der Waals surface area contributed by atoms with E-state index in [-0.39, 0.29) is 23.0 Å². The summed E-state index contributed by atoms with van der Waals surface area (Å²) in [4.78, 5) is 11.3. The summed E-state index contributed by atoms with van der Waals surface area (Å²) in [7, 11) is 0. The van der Waals surface area contributed by atoms with E-state index in [0.717, 1.165) is 11.1 Å². The fourth-order valence-electron chi connectivity index (χ4n) is 2.05. The number of benzene rings is 1. The van der Waals surface area contributed by atoms with Gasteiger partial charge in [0.05, 0.1) is 11.3 Å². The second kappa shape index (κ2) is 7.43. The number of amides is 1. The van der Waals surface area contributed by atoms with Gasteiger partial charge in [0.15, 0.2) is 0 Å². The van der Waals surface area contributed by atoms with Crippen LogP contribution in [0.1, 0.15) is 24.5 Å². The third-order valence-corrected chi connectivity index (χ3v) is 4.38. The van der Waals surface area contributed by atoms with Crippen molar-refractivity contribution in [1.29, 1.82) is 0 Å². The van der Waals surface area contributed by atoms with Crippen molar-refractivity contribution in [2.24, 2.45) is 11.7 Å². The topological polar surface area (TPSA) is 55.1 Å². The van der Waals surface area contributed by atoms with Crippen molar-refractivity contribution >= 4 is 23.7 Å². The maximum absolute atomic E-state index is 13.2. The first-order valence-corrected chi connectivity index (χ1v) is 7.84. The van der Waals surface area contributed by atoms with Gasteiger partial charge in [-0.15, -0.1) is 11.8 Å². The molecule has 0 aliphatic carbocycles. The van der Waals surface area contributed by atoms with E-state index in [9.17, 15) is 9.18 Å². The van der Waals surface area contributed by atoms with Crippen molar-refractivity contribution in [1.82, 2.24) is 5.32 Å². The number of allylic oxidation sites excluding steroid dienone is 1. The average molecular weight is 306 g/mol. The van der Waals surface area contributed by atoms with Crippen LogP contribution < -0.4 is 11.1 Å². The SMILES string of the molecule is CC/C(F)=C/c1ccc(CNC2SC=CC2C(N)=O)cc1. The molecule has 1 aromatic rings. The van der Waals surface area contributed by atoms with Crippen LogP contribution in [0, 0.1) is 5.92 Å². The molecule has 1 aromatic carbocycles. The Morgan fingerprint density at radius 3 is 2.76 bits per heavy atom. The minimum absolute atomic E-state index is 0.0143. The Balaban J connectivity index is 1.91. The number of nitrogens with one attached hydrogen (secondary N) is 1. The maximum Gasteiger partial charge on any atom is 0.226 e. The van der Waals surface area contributed by atoms with Crippen LogP contribution in [-0.4, -0.2) is 11.3 Å². The van der Waals surface area contributed by atoms with E-state index >= 15 is 0 Å². The molecule has 5 heteroatoms. The van der Waals surface area contributed by atoms with Gasteiger partial charge in [-0.3, -0.25) is 4.79 Å². The highest BCUT2D eigenvalue weighted by molar-refractivity contribution is 8.03. The molecule has 1 aliphatic rings. The number of carbonyl (C=O) groups excluding carboxylic acids is 1. The van der Waals surface area contributed by atoms with Crippen molar-refractivity contribution in [3.63, 3.8) is 0 Å². The van der Waals surface area contributed by atoms with Crippen LogP contribution in [0.4, 0.5) is 4.39 Å². The molecule has 1 amide bonds. The number of hydrogen-bond donors (Lipinski definition) is 2. The van der Waals surface area contributed by atoms with Gasteiger partial charge in [-0.1, -0.05) is 37.3 Å². The first-order valence-electron chi connectivity index (χ1n) is 6.90. The zero-order valence-corrected chi connectivity index (χ0v) is 12.7. The molecule has 0 bridgehead atoms. The van der Waals surface area contributed by atoms with E-state index in [1.165, 1.54) is 6.08 Å². The molecule has 0 radical (unpaired) electrons. The van der Waals surface area contributed by atoms with Gasteiger partial charge in [-0.2, -0.15) is 0 Å². The minimum atomic E-state index is -0.315. The average Bonchev–Trinajstić information content (AvgIpc) is 2.95. The summed E-state index contributed by atoms with van der Waals surface area (Å²) in [5.41, 5.74) is 7.29. The van der Waals surface area contributed by atoms with Crippen LogP contribution in [0.25, 0.3) is 6.08 Å². The number of halogens is 1. The molecule has 1 heterocycles. The summed E-state index contributed by atoms with van der Waals surface area (Å²) < 4.78 is 13.2. The van der Waals surface area contributed by atoms with Crippen LogP contribution in [0.5, 0.6) is 0 Å². The lowest BCUT2D eigenvalue weighted by molar-refractivity contribution is -0.120. The van der Waals surface area contributed by atoms with Gasteiger partial charge in [0, 0.05) is 6.54 Å². The summed E-state index contributed by atoms with van der Waals surface area (Å²) in [6, 6.07) is 7.68. The van der Waals surface area contributed by atoms with E-state index in [1.807, 2.05) is 35.7 Å². The van der Waals surface area contributed by atoms with Crippen molar-refractivity contribution < 1.29 is 9.18 Å². The van der Waals surface area contributed by atoms with Crippen molar-refractivity contribution in [3.05, 3.63) is 52.7 Å². The van der Waals surface area contributed by atoms with E-state index in [0.29, 0.717) is 13.0 Å². The molecule has 0 saturated carbocycles. The van der Waals surface area contributed by atoms with E-state index in [2.05, 4.69) is 5.32 Å². The standard InChI is InChI=1S/C16H19FN2OS/c1-2-13(17)9-11-3-5-12(6-4-11)10-19-16-14(15(18)20)7-8-21-16/h3-9,14,16,19H,2,10H2,1H3,(H2,18,20)/b13-9-. The Hall–Kier alpha value is -1.59. The Kier molecular flexibility index (Phi) is 5.59. The molecule has 3 nitrogen and oxygen atoms in total. The van der Waals surface area contributed by atoms with Gasteiger partial charge in [-0.05, 0) is 29.0 Å². The Labute approximate surface area is 128 Å². The van der Waals surface area contributed by atoms with E-state index < -0.39 is 0 Å². The molecule has 0 aromatic heterocycles. The number of nitrogens with two attached hydrogens (primary N) is 1. The molecule has 2 atom stereocenters. The normalized spacial score (nSPS) is 21.7. The predicted octanol–water partition coefficient (Wildman–Crippen LogP) is 3.18. The van der Waals surface area contributed by atoms with Crippen LogP contribution >= 0.6 is 11.8 Å². The monoisotopic (exact) mass is 306 g/mol. The lowest BCUT2D eigenvalue weighted by atomic mass is 10.1. The highest BCUT2D eigenvalue weighted by Gasteiger charge is 2.27. The predicted molar refractivity (Wildman–Crippen MR) is 85.9 cm³/mol. The number of thioether (sulfide) groups is 1. The molecule has 1 aliphatic heterocycles. The third kappa shape index (κ3) is 4.44. The van der Waals surface area contributed by atoms with E-state index in [4.69, 9.17) is 5.73 Å². The van der Waals surface area contributed by atoms with E-state index in [1.54, 1.807) is 18.7 Å². The van der Waals surface area contributed by atoms with Crippen LogP contribution in [-0.2, 0) is 11.3 Å². The maximum atomic E-state index is 13.2. The molecule has 2 unspecified atom stereocenters. The zero-order valence-electron chi connectivity index (χ0n) is 11.9. The molecule has 0 spiro atoms.